The van der Waals surface area contributed by atoms with Gasteiger partial charge in [-0.2, -0.15) is 11.3 Å². The van der Waals surface area contributed by atoms with Crippen LogP contribution in [0.5, 0.6) is 0 Å². The molecule has 2 aromatic rings. The maximum atomic E-state index is 13.1. The van der Waals surface area contributed by atoms with Crippen LogP contribution < -0.4 is 5.32 Å². The zero-order valence-corrected chi connectivity index (χ0v) is 17.8. The number of rotatable bonds is 6. The molecule has 1 saturated carbocycles. The average molecular weight is 430 g/mol. The van der Waals surface area contributed by atoms with E-state index < -0.39 is 0 Å². The highest BCUT2D eigenvalue weighted by atomic mass is 35.5. The average Bonchev–Trinajstić information content (AvgIpc) is 2.98. The summed E-state index contributed by atoms with van der Waals surface area (Å²) >= 11 is 7.74. The summed E-state index contributed by atoms with van der Waals surface area (Å²) in [7, 11) is 0. The van der Waals surface area contributed by atoms with Crippen LogP contribution in [-0.2, 0) is 17.8 Å². The Morgan fingerprint density at radius 3 is 2.89 bits per heavy atom. The van der Waals surface area contributed by atoms with Gasteiger partial charge >= 0.3 is 0 Å². The van der Waals surface area contributed by atoms with Crippen LogP contribution in [0.25, 0.3) is 0 Å². The summed E-state index contributed by atoms with van der Waals surface area (Å²) in [4.78, 5) is 15.2. The lowest BCUT2D eigenvalue weighted by Gasteiger charge is -2.29. The van der Waals surface area contributed by atoms with Crippen molar-refractivity contribution < 1.29 is 9.32 Å². The number of hydrogen-bond acceptors (Lipinski definition) is 5. The van der Waals surface area contributed by atoms with E-state index in [-0.39, 0.29) is 18.3 Å². The molecule has 1 aliphatic carbocycles. The Morgan fingerprint density at radius 1 is 1.48 bits per heavy atom. The Morgan fingerprint density at radius 2 is 2.26 bits per heavy atom. The van der Waals surface area contributed by atoms with Gasteiger partial charge in [-0.3, -0.25) is 4.79 Å². The van der Waals surface area contributed by atoms with Gasteiger partial charge in [0, 0.05) is 24.6 Å². The van der Waals surface area contributed by atoms with Crippen molar-refractivity contribution in [3.8, 4) is 0 Å². The van der Waals surface area contributed by atoms with Crippen molar-refractivity contribution in [3.05, 3.63) is 38.9 Å². The first-order valence-corrected chi connectivity index (χ1v) is 10.5. The van der Waals surface area contributed by atoms with Gasteiger partial charge in [0.15, 0.2) is 0 Å². The number of aryl methyl sites for hydroxylation is 1. The molecule has 0 radical (unpaired) electrons. The predicted octanol–water partition coefficient (Wildman–Crippen LogP) is 4.22. The molecule has 0 bridgehead atoms. The van der Waals surface area contributed by atoms with Gasteiger partial charge in [0.1, 0.15) is 0 Å². The quantitative estimate of drug-likeness (QED) is 0.746. The number of halogens is 2. The number of thiophene rings is 1. The first kappa shape index (κ1) is 20.6. The van der Waals surface area contributed by atoms with Crippen molar-refractivity contribution in [2.24, 2.45) is 5.41 Å². The van der Waals surface area contributed by atoms with Crippen LogP contribution in [0.2, 0.25) is 5.22 Å². The summed E-state index contributed by atoms with van der Waals surface area (Å²) in [5.41, 5.74) is 3.18. The smallest absolute Gasteiger partial charge is 0.229 e. The lowest BCUT2D eigenvalue weighted by atomic mass is 9.93. The number of nitrogens with one attached hydrogen (secondary N) is 1. The fourth-order valence-corrected chi connectivity index (χ4v) is 5.12. The molecule has 5 nitrogen and oxygen atoms in total. The molecule has 1 atom stereocenters. The van der Waals surface area contributed by atoms with Crippen molar-refractivity contribution in [2.75, 3.05) is 13.1 Å². The normalized spacial score (nSPS) is 20.3. The summed E-state index contributed by atoms with van der Waals surface area (Å²) in [5.74, 6) is 0.202. The van der Waals surface area contributed by atoms with E-state index in [1.165, 1.54) is 18.4 Å². The first-order valence-electron chi connectivity index (χ1n) is 9.21. The largest absolute Gasteiger partial charge is 0.344 e. The Labute approximate surface area is 174 Å². The molecular weight excluding hydrogens is 405 g/mol. The van der Waals surface area contributed by atoms with Gasteiger partial charge in [0.25, 0.3) is 0 Å². The second-order valence-corrected chi connectivity index (χ2v) is 8.63. The Balaban J connectivity index is 0.00000210. The molecule has 0 aromatic carbocycles. The third-order valence-corrected chi connectivity index (χ3v) is 6.93. The summed E-state index contributed by atoms with van der Waals surface area (Å²) in [5, 5.41) is 11.8. The molecule has 8 heteroatoms. The molecule has 2 fully saturated rings. The van der Waals surface area contributed by atoms with Crippen LogP contribution in [0, 0.1) is 12.3 Å². The second kappa shape index (κ2) is 8.52. The highest BCUT2D eigenvalue weighted by molar-refractivity contribution is 7.07. The third kappa shape index (κ3) is 4.34. The number of hydrogen-bond donors (Lipinski definition) is 1. The van der Waals surface area contributed by atoms with Crippen LogP contribution in [0.3, 0.4) is 0 Å². The zero-order valence-electron chi connectivity index (χ0n) is 15.4. The predicted molar refractivity (Wildman–Crippen MR) is 110 cm³/mol. The number of carbonyl (C=O) groups is 1. The topological polar surface area (TPSA) is 58.4 Å². The number of amides is 1. The van der Waals surface area contributed by atoms with Gasteiger partial charge in [-0.25, -0.2) is 0 Å². The summed E-state index contributed by atoms with van der Waals surface area (Å²) < 4.78 is 5.01. The van der Waals surface area contributed by atoms with Crippen LogP contribution in [0.4, 0.5) is 0 Å². The fraction of sp³-hybridized carbons (Fsp3) is 0.579. The molecule has 4 rings (SSSR count). The molecule has 1 aliphatic heterocycles. The van der Waals surface area contributed by atoms with E-state index in [4.69, 9.17) is 16.1 Å². The van der Waals surface area contributed by atoms with Gasteiger partial charge in [0.05, 0.1) is 5.69 Å². The molecule has 1 spiro atoms. The molecular formula is C19H25Cl2N3O2S. The Kier molecular flexibility index (Phi) is 6.51. The molecule has 1 N–H and O–H groups in total. The van der Waals surface area contributed by atoms with Crippen LogP contribution >= 0.6 is 35.3 Å². The van der Waals surface area contributed by atoms with E-state index >= 15 is 0 Å². The molecule has 2 aliphatic rings. The molecule has 1 saturated heterocycles. The first-order chi connectivity index (χ1) is 12.6. The lowest BCUT2D eigenvalue weighted by molar-refractivity contribution is -0.133. The van der Waals surface area contributed by atoms with E-state index in [9.17, 15) is 4.79 Å². The summed E-state index contributed by atoms with van der Waals surface area (Å²) in [6.45, 7) is 4.70. The van der Waals surface area contributed by atoms with Crippen molar-refractivity contribution in [1.29, 1.82) is 0 Å². The second-order valence-electron chi connectivity index (χ2n) is 7.51. The highest BCUT2D eigenvalue weighted by Crippen LogP contribution is 2.56. The minimum Gasteiger partial charge on any atom is -0.344 e. The fourth-order valence-electron chi connectivity index (χ4n) is 4.20. The number of nitrogens with zero attached hydrogens (tertiary/aromatic N) is 2. The van der Waals surface area contributed by atoms with Gasteiger partial charge in [-0.1, -0.05) is 5.16 Å². The van der Waals surface area contributed by atoms with Crippen molar-refractivity contribution in [1.82, 2.24) is 15.4 Å². The lowest BCUT2D eigenvalue weighted by Crippen LogP contribution is -2.39. The number of aromatic nitrogens is 1. The van der Waals surface area contributed by atoms with Gasteiger partial charge in [0.2, 0.25) is 11.1 Å². The number of piperidine rings is 1. The van der Waals surface area contributed by atoms with Crippen molar-refractivity contribution in [3.63, 3.8) is 0 Å². The minimum atomic E-state index is 0. The van der Waals surface area contributed by atoms with E-state index in [2.05, 4.69) is 32.2 Å². The van der Waals surface area contributed by atoms with Crippen LogP contribution in [0.15, 0.2) is 21.3 Å². The maximum Gasteiger partial charge on any atom is 0.229 e. The summed E-state index contributed by atoms with van der Waals surface area (Å²) in [6, 6.07) is 2.49. The molecule has 2 aromatic heterocycles. The molecule has 27 heavy (non-hydrogen) atoms. The Bertz CT molecular complexity index is 753. The van der Waals surface area contributed by atoms with E-state index in [0.29, 0.717) is 36.1 Å². The monoisotopic (exact) mass is 429 g/mol. The molecule has 1 amide bonds. The minimum absolute atomic E-state index is 0. The van der Waals surface area contributed by atoms with E-state index in [1.807, 2.05) is 6.92 Å². The van der Waals surface area contributed by atoms with Crippen LogP contribution in [0.1, 0.15) is 42.5 Å². The molecule has 3 heterocycles. The highest BCUT2D eigenvalue weighted by Gasteiger charge is 2.57. The summed E-state index contributed by atoms with van der Waals surface area (Å²) in [6.07, 6.45) is 4.49. The SMILES string of the molecule is Cc1noc(Cl)c1CCC(=O)N(Cc1ccsc1)C1CC12CCNCC2.Cl. The van der Waals surface area contributed by atoms with Gasteiger partial charge in [-0.05, 0) is 85.1 Å². The van der Waals surface area contributed by atoms with E-state index in [1.54, 1.807) is 11.3 Å². The standard InChI is InChI=1S/C19H24ClN3O2S.ClH/c1-13-15(18(20)25-22-13)2-3-17(24)23(11-14-4-9-26-12-14)16-10-19(16)5-7-21-8-6-19;/h4,9,12,16,21H,2-3,5-8,10-11H2,1H3;1H. The molecule has 1 unspecified atom stereocenters. The van der Waals surface area contributed by atoms with Crippen molar-refractivity contribution in [2.45, 2.75) is 51.6 Å². The van der Waals surface area contributed by atoms with Crippen molar-refractivity contribution >= 4 is 41.3 Å². The van der Waals surface area contributed by atoms with Gasteiger partial charge in [-0.15, -0.1) is 12.4 Å². The van der Waals surface area contributed by atoms with E-state index in [0.717, 1.165) is 30.8 Å². The zero-order chi connectivity index (χ0) is 18.1. The molecule has 148 valence electrons. The number of carbonyl (C=O) groups excluding carboxylic acids is 1. The maximum absolute atomic E-state index is 13.1. The Hall–Kier alpha value is -1.08. The van der Waals surface area contributed by atoms with Crippen LogP contribution in [-0.4, -0.2) is 35.1 Å². The van der Waals surface area contributed by atoms with Gasteiger partial charge < -0.3 is 14.7 Å². The third-order valence-electron chi connectivity index (χ3n) is 5.90.